The Morgan fingerprint density at radius 3 is 2.47 bits per heavy atom. The molecule has 1 N–H and O–H groups in total. The Hall–Kier alpha value is -4.99. The Morgan fingerprint density at radius 1 is 0.843 bits per heavy atom. The zero-order chi connectivity index (χ0) is 34.8. The van der Waals surface area contributed by atoms with Crippen LogP contribution in [-0.4, -0.2) is 15.1 Å². The van der Waals surface area contributed by atoms with E-state index in [-0.39, 0.29) is 0 Å². The summed E-state index contributed by atoms with van der Waals surface area (Å²) >= 11 is 1.96. The van der Waals surface area contributed by atoms with Gasteiger partial charge in [0.1, 0.15) is 7.85 Å². The number of rotatable bonds is 5. The minimum Gasteiger partial charge on any atom is -0.358 e. The number of para-hydroxylation sites is 1. The van der Waals surface area contributed by atoms with Crippen molar-refractivity contribution in [3.63, 3.8) is 0 Å². The van der Waals surface area contributed by atoms with Crippen LogP contribution in [0.5, 0.6) is 0 Å². The fourth-order valence-corrected chi connectivity index (χ4v) is 9.58. The number of allylic oxidation sites excluding steroid dienone is 5. The van der Waals surface area contributed by atoms with Gasteiger partial charge in [-0.1, -0.05) is 102 Å². The van der Waals surface area contributed by atoms with Gasteiger partial charge in [0.25, 0.3) is 0 Å². The smallest absolute Gasteiger partial charge is 0.197 e. The quantitative estimate of drug-likeness (QED) is 0.183. The molecule has 3 aliphatic rings. The minimum absolute atomic E-state index is 0.399. The van der Waals surface area contributed by atoms with Crippen molar-refractivity contribution in [1.82, 2.24) is 0 Å². The second-order valence-corrected chi connectivity index (χ2v) is 15.5. The molecule has 5 aromatic carbocycles. The number of hydrogen-bond donors (Lipinski definition) is 1. The van der Waals surface area contributed by atoms with Gasteiger partial charge in [0.05, 0.1) is 5.69 Å². The molecule has 0 amide bonds. The van der Waals surface area contributed by atoms with Crippen LogP contribution in [0.25, 0.3) is 38.4 Å². The van der Waals surface area contributed by atoms with Crippen molar-refractivity contribution < 1.29 is 0 Å². The van der Waals surface area contributed by atoms with Crippen LogP contribution in [0.1, 0.15) is 48.3 Å². The molecule has 0 saturated carbocycles. The van der Waals surface area contributed by atoms with Gasteiger partial charge >= 0.3 is 0 Å². The van der Waals surface area contributed by atoms with Crippen LogP contribution in [0.3, 0.4) is 0 Å². The molecule has 245 valence electrons. The van der Waals surface area contributed by atoms with Gasteiger partial charge in [-0.05, 0) is 121 Å². The lowest BCUT2D eigenvalue weighted by atomic mass is 9.57. The predicted molar refractivity (Wildman–Crippen MR) is 224 cm³/mol. The van der Waals surface area contributed by atoms with E-state index in [0.29, 0.717) is 5.92 Å². The van der Waals surface area contributed by atoms with E-state index < -0.39 is 0 Å². The first-order valence-electron chi connectivity index (χ1n) is 18.1. The second kappa shape index (κ2) is 12.7. The number of benzene rings is 5. The van der Waals surface area contributed by atoms with Crippen LogP contribution in [0.15, 0.2) is 120 Å². The molecule has 0 fully saturated rings. The molecule has 2 nitrogen and oxygen atoms in total. The first-order valence-corrected chi connectivity index (χ1v) is 18.9. The molecule has 9 rings (SSSR count). The molecule has 51 heavy (non-hydrogen) atoms. The monoisotopic (exact) mass is 673 g/mol. The van der Waals surface area contributed by atoms with Crippen LogP contribution in [0, 0.1) is 19.8 Å². The molecule has 3 radical (unpaired) electrons. The van der Waals surface area contributed by atoms with Gasteiger partial charge in [0, 0.05) is 43.3 Å². The predicted octanol–water partition coefficient (Wildman–Crippen LogP) is 10.3. The van der Waals surface area contributed by atoms with Gasteiger partial charge in [-0.15, -0.1) is 11.3 Å². The number of hydrogen-bond acceptors (Lipinski definition) is 3. The third-order valence-corrected chi connectivity index (χ3v) is 12.2. The van der Waals surface area contributed by atoms with Crippen LogP contribution < -0.4 is 26.6 Å². The molecule has 6 aromatic rings. The number of fused-ring (bicyclic) bond motifs is 5. The Kier molecular flexibility index (Phi) is 7.93. The highest BCUT2D eigenvalue weighted by Crippen LogP contribution is 2.48. The van der Waals surface area contributed by atoms with Crippen molar-refractivity contribution in [3.8, 4) is 22.3 Å². The fraction of sp³-hybridized carbons (Fsp3) is 0.174. The van der Waals surface area contributed by atoms with Crippen molar-refractivity contribution in [2.45, 2.75) is 47.0 Å². The summed E-state index contributed by atoms with van der Waals surface area (Å²) < 4.78 is 1.34. The van der Waals surface area contributed by atoms with E-state index >= 15 is 0 Å². The Morgan fingerprint density at radius 2 is 1.65 bits per heavy atom. The largest absolute Gasteiger partial charge is 0.358 e. The topological polar surface area (TPSA) is 15.3 Å². The molecule has 2 aliphatic carbocycles. The summed E-state index contributed by atoms with van der Waals surface area (Å²) in [7, 11) is 8.64. The summed E-state index contributed by atoms with van der Waals surface area (Å²) in [6, 6.07) is 33.0. The molecule has 5 heteroatoms. The first kappa shape index (κ1) is 32.0. The zero-order valence-corrected chi connectivity index (χ0v) is 30.5. The second-order valence-electron chi connectivity index (χ2n) is 14.4. The number of aryl methyl sites for hydroxylation is 2. The summed E-state index contributed by atoms with van der Waals surface area (Å²) in [5.74, 6) is 0.399. The normalized spacial score (nSPS) is 16.2. The number of thiophene rings is 1. The van der Waals surface area contributed by atoms with Crippen molar-refractivity contribution in [3.05, 3.63) is 142 Å². The third kappa shape index (κ3) is 5.41. The summed E-state index contributed by atoms with van der Waals surface area (Å²) in [6.07, 6.45) is 12.6. The molecular weight excluding hydrogens is 634 g/mol. The van der Waals surface area contributed by atoms with E-state index in [1.807, 2.05) is 23.5 Å². The highest BCUT2D eigenvalue weighted by Gasteiger charge is 2.31. The maximum absolute atomic E-state index is 6.23. The lowest BCUT2D eigenvalue weighted by Crippen LogP contribution is -2.41. The number of nitrogens with one attached hydrogen (secondary N) is 1. The summed E-state index contributed by atoms with van der Waals surface area (Å²) in [5, 5.41) is 5.46. The molecule has 0 spiro atoms. The van der Waals surface area contributed by atoms with E-state index in [0.717, 1.165) is 36.1 Å². The van der Waals surface area contributed by atoms with Crippen LogP contribution in [0.4, 0.5) is 22.7 Å². The molecule has 1 atom stereocenters. The average Bonchev–Trinajstić information content (AvgIpc) is 3.52. The molecule has 0 bridgehead atoms. The van der Waals surface area contributed by atoms with Gasteiger partial charge in [-0.2, -0.15) is 0 Å². The molecule has 0 saturated heterocycles. The van der Waals surface area contributed by atoms with E-state index in [1.165, 1.54) is 87.5 Å². The lowest BCUT2D eigenvalue weighted by Gasteiger charge is -2.36. The third-order valence-electron chi connectivity index (χ3n) is 10.9. The Bertz CT molecular complexity index is 2460. The van der Waals surface area contributed by atoms with Crippen molar-refractivity contribution in [1.29, 1.82) is 0 Å². The average molecular weight is 674 g/mol. The number of anilines is 4. The van der Waals surface area contributed by atoms with Gasteiger partial charge in [0.2, 0.25) is 0 Å². The first-order chi connectivity index (χ1) is 24.9. The Balaban J connectivity index is 1.39. The molecule has 2 heterocycles. The van der Waals surface area contributed by atoms with E-state index in [1.54, 1.807) is 0 Å². The van der Waals surface area contributed by atoms with E-state index in [4.69, 9.17) is 7.85 Å². The van der Waals surface area contributed by atoms with Gasteiger partial charge < -0.3 is 10.2 Å². The maximum atomic E-state index is 6.23. The SMILES string of the molecule is [B]c1ccc(N2c3ccccc3[B]c3c2cc(-c2ccccc2C)c(C)c3-c2ccc3sc4c(c3c2NC2=CC=C(C)CC2C)C=CCC4)cc1. The minimum atomic E-state index is 0.399. The zero-order valence-electron chi connectivity index (χ0n) is 29.7. The molecular formula is C46H39B2N2S. The lowest BCUT2D eigenvalue weighted by molar-refractivity contribution is 0.666. The molecule has 1 unspecified atom stereocenters. The van der Waals surface area contributed by atoms with Crippen LogP contribution in [0.2, 0.25) is 0 Å². The summed E-state index contributed by atoms with van der Waals surface area (Å²) in [4.78, 5) is 3.91. The molecule has 1 aromatic heterocycles. The fourth-order valence-electron chi connectivity index (χ4n) is 8.37. The van der Waals surface area contributed by atoms with Crippen molar-refractivity contribution in [2.24, 2.45) is 5.92 Å². The summed E-state index contributed by atoms with van der Waals surface area (Å²) in [5.41, 5.74) is 19.4. The molecule has 1 aliphatic heterocycles. The van der Waals surface area contributed by atoms with Gasteiger partial charge in [0.15, 0.2) is 7.28 Å². The van der Waals surface area contributed by atoms with Crippen LogP contribution >= 0.6 is 11.3 Å². The standard InChI is InChI=1S/C46H39B2N2S/c1-27-17-23-38(29(3)25-27)49-46-35(22-24-42-44(46)34-13-7-10-16-41(34)51-42)43-30(4)36(33-12-6-5-11-28(33)2)26-40-45(43)48-37-14-8-9-15-39(37)50(40)32-20-18-31(47)19-21-32/h5-9,11-15,17-24,26,29,49H,10,16,25H2,1-4H3. The van der Waals surface area contributed by atoms with Crippen molar-refractivity contribution in [2.75, 3.05) is 10.2 Å². The highest BCUT2D eigenvalue weighted by molar-refractivity contribution is 7.19. The Labute approximate surface area is 307 Å². The highest BCUT2D eigenvalue weighted by atomic mass is 32.1. The summed E-state index contributed by atoms with van der Waals surface area (Å²) in [6.45, 7) is 9.13. The van der Waals surface area contributed by atoms with Gasteiger partial charge in [-0.3, -0.25) is 0 Å². The van der Waals surface area contributed by atoms with Crippen molar-refractivity contribution >= 4 is 81.8 Å². The van der Waals surface area contributed by atoms with Crippen LogP contribution in [-0.2, 0) is 6.42 Å². The van der Waals surface area contributed by atoms with E-state index in [9.17, 15) is 0 Å². The maximum Gasteiger partial charge on any atom is 0.197 e. The van der Waals surface area contributed by atoms with Gasteiger partial charge in [-0.25, -0.2) is 0 Å². The number of nitrogens with zero attached hydrogens (tertiary/aromatic N) is 1. The van der Waals surface area contributed by atoms with E-state index in [2.05, 4.69) is 148 Å².